The number of para-hydroxylation sites is 1. The van der Waals surface area contributed by atoms with Gasteiger partial charge in [0.05, 0.1) is 12.2 Å². The fourth-order valence-corrected chi connectivity index (χ4v) is 6.31. The number of nitrogens with one attached hydrogen (secondary N) is 1. The van der Waals surface area contributed by atoms with E-state index in [2.05, 4.69) is 46.0 Å². The van der Waals surface area contributed by atoms with E-state index in [0.29, 0.717) is 35.5 Å². The van der Waals surface area contributed by atoms with Crippen LogP contribution in [0.1, 0.15) is 81.0 Å². The van der Waals surface area contributed by atoms with Crippen molar-refractivity contribution in [2.24, 2.45) is 16.3 Å². The van der Waals surface area contributed by atoms with Crippen LogP contribution in [0.2, 0.25) is 0 Å². The number of anilines is 1. The summed E-state index contributed by atoms with van der Waals surface area (Å²) in [4.78, 5) is 18.7. The summed E-state index contributed by atoms with van der Waals surface area (Å²) in [5.74, 6) is 1.70. The van der Waals surface area contributed by atoms with Crippen molar-refractivity contribution in [2.75, 3.05) is 18.5 Å². The van der Waals surface area contributed by atoms with Gasteiger partial charge in [0, 0.05) is 16.8 Å². The normalized spacial score (nSPS) is 15.1. The van der Waals surface area contributed by atoms with Crippen LogP contribution in [-0.2, 0) is 17.6 Å². The van der Waals surface area contributed by atoms with Gasteiger partial charge in [-0.15, -0.1) is 11.3 Å². The zero-order chi connectivity index (χ0) is 28.9. The van der Waals surface area contributed by atoms with E-state index in [0.717, 1.165) is 41.1 Å². The van der Waals surface area contributed by atoms with E-state index in [-0.39, 0.29) is 17.9 Å². The Kier molecular flexibility index (Phi) is 9.32. The second-order valence-electron chi connectivity index (χ2n) is 11.6. The molecule has 0 aliphatic heterocycles. The van der Waals surface area contributed by atoms with Crippen LogP contribution < -0.4 is 14.8 Å². The molecule has 0 fully saturated rings. The zero-order valence-corrected chi connectivity index (χ0v) is 25.2. The first-order valence-electron chi connectivity index (χ1n) is 14.0. The number of aliphatic imine (C=N–C) groups is 1. The maximum Gasteiger partial charge on any atom is 0.262 e. The van der Waals surface area contributed by atoms with Crippen molar-refractivity contribution >= 4 is 34.1 Å². The van der Waals surface area contributed by atoms with Crippen LogP contribution in [0.3, 0.4) is 0 Å². The van der Waals surface area contributed by atoms with Gasteiger partial charge in [0.2, 0.25) is 0 Å². The third kappa shape index (κ3) is 6.92. The van der Waals surface area contributed by atoms with E-state index in [9.17, 15) is 10.1 Å². The highest BCUT2D eigenvalue weighted by Gasteiger charge is 2.32. The fourth-order valence-electron chi connectivity index (χ4n) is 5.09. The number of thiophene rings is 1. The number of ether oxygens (including phenoxy) is 2. The monoisotopic (exact) mass is 557 g/mol. The molecule has 0 unspecified atom stereocenters. The van der Waals surface area contributed by atoms with Gasteiger partial charge in [0.25, 0.3) is 5.91 Å². The second-order valence-corrected chi connectivity index (χ2v) is 12.7. The first kappa shape index (κ1) is 29.4. The Morgan fingerprint density at radius 3 is 2.67 bits per heavy atom. The lowest BCUT2D eigenvalue weighted by molar-refractivity contribution is -0.118. The van der Waals surface area contributed by atoms with Crippen molar-refractivity contribution in [3.8, 4) is 17.6 Å². The Balaban J connectivity index is 1.47. The molecule has 1 heterocycles. The van der Waals surface area contributed by atoms with Crippen molar-refractivity contribution in [2.45, 2.75) is 66.7 Å². The van der Waals surface area contributed by atoms with Gasteiger partial charge in [-0.1, -0.05) is 52.8 Å². The maximum absolute atomic E-state index is 12.7. The quantitative estimate of drug-likeness (QED) is 0.270. The fraction of sp³-hybridized carbons (Fsp3) is 0.424. The molecule has 0 saturated heterocycles. The molecule has 40 heavy (non-hydrogen) atoms. The lowest BCUT2D eigenvalue weighted by Crippen LogP contribution is -2.26. The van der Waals surface area contributed by atoms with Gasteiger partial charge in [-0.3, -0.25) is 4.79 Å². The van der Waals surface area contributed by atoms with Gasteiger partial charge >= 0.3 is 0 Å². The summed E-state index contributed by atoms with van der Waals surface area (Å²) in [6, 6.07) is 15.7. The van der Waals surface area contributed by atoms with Crippen molar-refractivity contribution in [3.63, 3.8) is 0 Å². The number of amides is 1. The van der Waals surface area contributed by atoms with Crippen molar-refractivity contribution in [1.82, 2.24) is 0 Å². The Morgan fingerprint density at radius 2 is 1.98 bits per heavy atom. The molecule has 0 spiro atoms. The average molecular weight is 558 g/mol. The number of hydrogen-bond acceptors (Lipinski definition) is 6. The predicted octanol–water partition coefficient (Wildman–Crippen LogP) is 8.06. The molecule has 1 aromatic heterocycles. The first-order chi connectivity index (χ1) is 19.1. The van der Waals surface area contributed by atoms with Crippen molar-refractivity contribution < 1.29 is 14.3 Å². The molecule has 0 bridgehead atoms. The highest BCUT2D eigenvalue weighted by molar-refractivity contribution is 7.16. The predicted molar refractivity (Wildman–Crippen MR) is 164 cm³/mol. The first-order valence-corrected chi connectivity index (χ1v) is 14.8. The van der Waals surface area contributed by atoms with Gasteiger partial charge in [-0.25, -0.2) is 4.99 Å². The minimum atomic E-state index is -0.236. The summed E-state index contributed by atoms with van der Waals surface area (Å²) in [6.45, 7) is 13.3. The van der Waals surface area contributed by atoms with E-state index in [4.69, 9.17) is 14.5 Å². The van der Waals surface area contributed by atoms with Gasteiger partial charge in [0.15, 0.2) is 18.1 Å². The molecule has 0 saturated carbocycles. The SMILES string of the molecule is CCOc1cc(C=Nc2sc3c(c2C#N)CC[C@H](C(C)(C)C)C3)ccc1OCC(=O)Nc1ccccc1C(C)C. The topological polar surface area (TPSA) is 83.7 Å². The summed E-state index contributed by atoms with van der Waals surface area (Å²) in [5, 5.41) is 13.6. The number of carbonyl (C=O) groups excluding carboxylic acids is 1. The summed E-state index contributed by atoms with van der Waals surface area (Å²) >= 11 is 1.64. The minimum Gasteiger partial charge on any atom is -0.490 e. The molecule has 1 aliphatic rings. The summed E-state index contributed by atoms with van der Waals surface area (Å²) in [6.07, 6.45) is 4.81. The Labute approximate surface area is 242 Å². The van der Waals surface area contributed by atoms with E-state index in [1.54, 1.807) is 23.6 Å². The summed E-state index contributed by atoms with van der Waals surface area (Å²) in [5.41, 5.74) is 4.83. The highest BCUT2D eigenvalue weighted by atomic mass is 32.1. The maximum atomic E-state index is 12.7. The number of fused-ring (bicyclic) bond motifs is 1. The van der Waals surface area contributed by atoms with Crippen LogP contribution in [0, 0.1) is 22.7 Å². The van der Waals surface area contributed by atoms with E-state index in [1.807, 2.05) is 43.3 Å². The number of carbonyl (C=O) groups is 1. The lowest BCUT2D eigenvalue weighted by Gasteiger charge is -2.33. The molecule has 1 N–H and O–H groups in total. The number of rotatable bonds is 9. The molecule has 4 rings (SSSR count). The standard InChI is InChI=1S/C33H39N3O3S/c1-7-38-29-16-22(12-15-28(29)39-20-31(37)36-27-11-9-8-10-24(27)21(2)3)19-35-32-26(18-34)25-14-13-23(33(4,5)6)17-30(25)40-32/h8-12,15-16,19,21,23H,7,13-14,17,20H2,1-6H3,(H,36,37)/t23-/m0/s1. The Morgan fingerprint density at radius 1 is 1.20 bits per heavy atom. The summed E-state index contributed by atoms with van der Waals surface area (Å²) in [7, 11) is 0. The van der Waals surface area contributed by atoms with Crippen LogP contribution in [0.4, 0.5) is 10.7 Å². The Bertz CT molecular complexity index is 1430. The number of nitrogens with zero attached hydrogens (tertiary/aromatic N) is 2. The molecule has 1 amide bonds. The van der Waals surface area contributed by atoms with Crippen LogP contribution in [0.25, 0.3) is 0 Å². The molecular formula is C33H39N3O3S. The number of hydrogen-bond donors (Lipinski definition) is 1. The lowest BCUT2D eigenvalue weighted by atomic mass is 9.72. The molecular weight excluding hydrogens is 518 g/mol. The molecule has 210 valence electrons. The van der Waals surface area contributed by atoms with E-state index >= 15 is 0 Å². The van der Waals surface area contributed by atoms with Gasteiger partial charge in [-0.05, 0) is 84.4 Å². The number of benzene rings is 2. The van der Waals surface area contributed by atoms with Gasteiger partial charge < -0.3 is 14.8 Å². The molecule has 1 atom stereocenters. The minimum absolute atomic E-state index is 0.137. The van der Waals surface area contributed by atoms with Crippen molar-refractivity contribution in [3.05, 3.63) is 69.6 Å². The van der Waals surface area contributed by atoms with E-state index in [1.165, 1.54) is 10.4 Å². The van der Waals surface area contributed by atoms with Gasteiger partial charge in [0.1, 0.15) is 11.1 Å². The molecule has 7 heteroatoms. The third-order valence-corrected chi connectivity index (χ3v) is 8.56. The second kappa shape index (κ2) is 12.7. The van der Waals surface area contributed by atoms with Crippen LogP contribution in [0.15, 0.2) is 47.5 Å². The van der Waals surface area contributed by atoms with Crippen LogP contribution in [0.5, 0.6) is 11.5 Å². The van der Waals surface area contributed by atoms with Gasteiger partial charge in [-0.2, -0.15) is 5.26 Å². The molecule has 1 aliphatic carbocycles. The smallest absolute Gasteiger partial charge is 0.262 e. The van der Waals surface area contributed by atoms with Crippen LogP contribution in [-0.4, -0.2) is 25.3 Å². The average Bonchev–Trinajstić information content (AvgIpc) is 3.28. The molecule has 0 radical (unpaired) electrons. The number of nitriles is 1. The summed E-state index contributed by atoms with van der Waals surface area (Å²) < 4.78 is 11.7. The largest absolute Gasteiger partial charge is 0.490 e. The van der Waals surface area contributed by atoms with E-state index < -0.39 is 0 Å². The third-order valence-electron chi connectivity index (χ3n) is 7.40. The van der Waals surface area contributed by atoms with Crippen LogP contribution >= 0.6 is 11.3 Å². The molecule has 2 aromatic carbocycles. The zero-order valence-electron chi connectivity index (χ0n) is 24.3. The van der Waals surface area contributed by atoms with Crippen molar-refractivity contribution in [1.29, 1.82) is 5.26 Å². The highest BCUT2D eigenvalue weighted by Crippen LogP contribution is 2.45. The molecule has 6 nitrogen and oxygen atoms in total. The Hall–Kier alpha value is -3.63. The molecule has 3 aromatic rings.